The van der Waals surface area contributed by atoms with Crippen LogP contribution < -0.4 is 10.2 Å². The first kappa shape index (κ1) is 13.3. The maximum atomic E-state index is 11.5. The first-order valence-corrected chi connectivity index (χ1v) is 6.83. The molecule has 0 aliphatic carbocycles. The molecule has 8 nitrogen and oxygen atoms in total. The molecule has 0 radical (unpaired) electrons. The molecule has 0 saturated heterocycles. The number of anilines is 2. The van der Waals surface area contributed by atoms with Crippen LogP contribution in [0.15, 0.2) is 24.5 Å². The molecule has 1 N–H and O–H groups in total. The first-order valence-electron chi connectivity index (χ1n) is 6.83. The van der Waals surface area contributed by atoms with Gasteiger partial charge in [0.25, 0.3) is 0 Å². The predicted molar refractivity (Wildman–Crippen MR) is 78.3 cm³/mol. The van der Waals surface area contributed by atoms with Crippen LogP contribution in [0.1, 0.15) is 12.7 Å². The highest BCUT2D eigenvalue weighted by atomic mass is 16.6. The number of hydrogen-bond donors (Lipinski definition) is 1. The van der Waals surface area contributed by atoms with Crippen molar-refractivity contribution in [1.29, 1.82) is 0 Å². The average molecular weight is 288 g/mol. The summed E-state index contributed by atoms with van der Waals surface area (Å²) < 4.78 is 1.97. The Morgan fingerprint density at radius 2 is 2.29 bits per heavy atom. The van der Waals surface area contributed by atoms with E-state index in [0.29, 0.717) is 31.0 Å². The van der Waals surface area contributed by atoms with E-state index in [1.54, 1.807) is 18.5 Å². The van der Waals surface area contributed by atoms with Gasteiger partial charge < -0.3 is 14.8 Å². The summed E-state index contributed by atoms with van der Waals surface area (Å²) in [5.74, 6) is 0.824. The quantitative estimate of drug-likeness (QED) is 0.679. The van der Waals surface area contributed by atoms with Crippen molar-refractivity contribution in [2.75, 3.05) is 23.3 Å². The second-order valence-corrected chi connectivity index (χ2v) is 4.82. The van der Waals surface area contributed by atoms with Crippen LogP contribution in [-0.2, 0) is 13.1 Å². The topological polar surface area (TPSA) is 89.1 Å². The molecular weight excluding hydrogens is 272 g/mol. The molecule has 3 rings (SSSR count). The number of aromatic nitrogens is 3. The molecule has 1 aliphatic heterocycles. The molecule has 21 heavy (non-hydrogen) atoms. The highest BCUT2D eigenvalue weighted by molar-refractivity contribution is 5.77. The van der Waals surface area contributed by atoms with Gasteiger partial charge in [0, 0.05) is 19.6 Å². The van der Waals surface area contributed by atoms with Crippen LogP contribution in [0, 0.1) is 10.1 Å². The van der Waals surface area contributed by atoms with Gasteiger partial charge >= 0.3 is 5.69 Å². The van der Waals surface area contributed by atoms with Crippen molar-refractivity contribution in [3.8, 4) is 0 Å². The molecule has 110 valence electrons. The van der Waals surface area contributed by atoms with E-state index in [2.05, 4.69) is 15.5 Å². The molecule has 0 fully saturated rings. The van der Waals surface area contributed by atoms with E-state index >= 15 is 0 Å². The Morgan fingerprint density at radius 3 is 3.05 bits per heavy atom. The minimum absolute atomic E-state index is 0.118. The van der Waals surface area contributed by atoms with Crippen LogP contribution in [0.2, 0.25) is 0 Å². The summed E-state index contributed by atoms with van der Waals surface area (Å²) in [6, 6.07) is 5.35. The molecule has 1 aliphatic rings. The zero-order valence-corrected chi connectivity index (χ0v) is 11.7. The molecule has 0 unspecified atom stereocenters. The normalized spacial score (nSPS) is 13.9. The van der Waals surface area contributed by atoms with E-state index in [1.807, 2.05) is 22.5 Å². The lowest BCUT2D eigenvalue weighted by Gasteiger charge is -2.29. The number of nitrogens with one attached hydrogen (secondary N) is 1. The Balaban J connectivity index is 1.99. The summed E-state index contributed by atoms with van der Waals surface area (Å²) in [6.07, 6.45) is 1.69. The molecule has 0 bridgehead atoms. The van der Waals surface area contributed by atoms with Gasteiger partial charge in [-0.15, -0.1) is 10.2 Å². The Bertz CT molecular complexity index is 668. The van der Waals surface area contributed by atoms with Crippen molar-refractivity contribution in [2.24, 2.45) is 0 Å². The Kier molecular flexibility index (Phi) is 3.43. The zero-order valence-electron chi connectivity index (χ0n) is 11.7. The van der Waals surface area contributed by atoms with Gasteiger partial charge in [-0.25, -0.2) is 0 Å². The summed E-state index contributed by atoms with van der Waals surface area (Å²) >= 11 is 0. The lowest BCUT2D eigenvalue weighted by Crippen LogP contribution is -2.34. The maximum Gasteiger partial charge on any atom is 0.315 e. The molecule has 2 heterocycles. The van der Waals surface area contributed by atoms with Crippen LogP contribution in [0.25, 0.3) is 0 Å². The summed E-state index contributed by atoms with van der Waals surface area (Å²) in [7, 11) is 0. The molecule has 0 spiro atoms. The van der Waals surface area contributed by atoms with Gasteiger partial charge in [-0.2, -0.15) is 0 Å². The van der Waals surface area contributed by atoms with Crippen molar-refractivity contribution in [2.45, 2.75) is 20.0 Å². The molecule has 8 heteroatoms. The van der Waals surface area contributed by atoms with Gasteiger partial charge in [-0.1, -0.05) is 6.07 Å². The van der Waals surface area contributed by atoms with Gasteiger partial charge in [-0.05, 0) is 19.1 Å². The van der Waals surface area contributed by atoms with Crippen LogP contribution in [0.3, 0.4) is 0 Å². The van der Waals surface area contributed by atoms with Crippen molar-refractivity contribution in [3.63, 3.8) is 0 Å². The summed E-state index contributed by atoms with van der Waals surface area (Å²) in [6.45, 7) is 4.50. The van der Waals surface area contributed by atoms with Crippen molar-refractivity contribution >= 4 is 17.1 Å². The van der Waals surface area contributed by atoms with E-state index in [-0.39, 0.29) is 10.6 Å². The number of rotatable bonds is 4. The van der Waals surface area contributed by atoms with Gasteiger partial charge in [-0.3, -0.25) is 10.1 Å². The van der Waals surface area contributed by atoms with E-state index in [9.17, 15) is 10.1 Å². The lowest BCUT2D eigenvalue weighted by atomic mass is 10.2. The number of para-hydroxylation sites is 1. The van der Waals surface area contributed by atoms with E-state index < -0.39 is 0 Å². The van der Waals surface area contributed by atoms with Crippen molar-refractivity contribution in [3.05, 3.63) is 40.5 Å². The summed E-state index contributed by atoms with van der Waals surface area (Å²) in [5, 5.41) is 22.4. The second kappa shape index (κ2) is 5.39. The highest BCUT2D eigenvalue weighted by Gasteiger charge is 2.26. The second-order valence-electron chi connectivity index (χ2n) is 4.82. The Labute approximate surface area is 121 Å². The monoisotopic (exact) mass is 288 g/mol. The number of hydrogen-bond acceptors (Lipinski definition) is 6. The van der Waals surface area contributed by atoms with Crippen molar-refractivity contribution < 1.29 is 4.92 Å². The van der Waals surface area contributed by atoms with Gasteiger partial charge in [0.15, 0.2) is 5.82 Å². The third-order valence-corrected chi connectivity index (χ3v) is 3.54. The molecule has 1 aromatic heterocycles. The fourth-order valence-corrected chi connectivity index (χ4v) is 2.58. The molecular formula is C13H16N6O2. The average Bonchev–Trinajstić information content (AvgIpc) is 2.94. The number of nitro benzene ring substituents is 1. The van der Waals surface area contributed by atoms with Gasteiger partial charge in [0.05, 0.1) is 11.5 Å². The van der Waals surface area contributed by atoms with E-state index in [0.717, 1.165) is 12.4 Å². The Morgan fingerprint density at radius 1 is 1.43 bits per heavy atom. The SMILES string of the molecule is CCNc1cccc(N2CCn3cnnc3C2)c1[N+](=O)[O-]. The highest BCUT2D eigenvalue weighted by Crippen LogP contribution is 2.36. The Hall–Kier alpha value is -2.64. The van der Waals surface area contributed by atoms with E-state index in [4.69, 9.17) is 0 Å². The molecule has 0 saturated carbocycles. The predicted octanol–water partition coefficient (Wildman–Crippen LogP) is 1.64. The fourth-order valence-electron chi connectivity index (χ4n) is 2.58. The maximum absolute atomic E-state index is 11.5. The first-order chi connectivity index (χ1) is 10.2. The number of fused-ring (bicyclic) bond motifs is 1. The van der Waals surface area contributed by atoms with Crippen LogP contribution in [0.4, 0.5) is 17.1 Å². The number of nitro groups is 1. The minimum Gasteiger partial charge on any atom is -0.380 e. The summed E-state index contributed by atoms with van der Waals surface area (Å²) in [4.78, 5) is 13.1. The fraction of sp³-hybridized carbons (Fsp3) is 0.385. The minimum atomic E-state index is -0.327. The third-order valence-electron chi connectivity index (χ3n) is 3.54. The number of benzene rings is 1. The van der Waals surface area contributed by atoms with Gasteiger partial charge in [0.2, 0.25) is 0 Å². The van der Waals surface area contributed by atoms with Gasteiger partial charge in [0.1, 0.15) is 17.7 Å². The third kappa shape index (κ3) is 2.39. The van der Waals surface area contributed by atoms with Crippen LogP contribution in [0.5, 0.6) is 0 Å². The van der Waals surface area contributed by atoms with E-state index in [1.165, 1.54) is 0 Å². The summed E-state index contributed by atoms with van der Waals surface area (Å²) in [5.41, 5.74) is 1.28. The lowest BCUT2D eigenvalue weighted by molar-refractivity contribution is -0.383. The van der Waals surface area contributed by atoms with Crippen molar-refractivity contribution in [1.82, 2.24) is 14.8 Å². The molecule has 1 aromatic carbocycles. The molecule has 0 amide bonds. The standard InChI is InChI=1S/C13H16N6O2/c1-2-14-10-4-3-5-11(13(10)19(20)21)17-6-7-18-9-15-16-12(18)8-17/h3-5,9,14H,2,6-8H2,1H3. The molecule has 2 aromatic rings. The largest absolute Gasteiger partial charge is 0.380 e. The smallest absolute Gasteiger partial charge is 0.315 e. The zero-order chi connectivity index (χ0) is 14.8. The van der Waals surface area contributed by atoms with Crippen LogP contribution in [-0.4, -0.2) is 32.8 Å². The molecule has 0 atom stereocenters. The number of nitrogens with zero attached hydrogens (tertiary/aromatic N) is 5. The van der Waals surface area contributed by atoms with Crippen LogP contribution >= 0.6 is 0 Å².